The summed E-state index contributed by atoms with van der Waals surface area (Å²) in [5.41, 5.74) is 5.32. The summed E-state index contributed by atoms with van der Waals surface area (Å²) in [7, 11) is 1.36. The maximum Gasteiger partial charge on any atom is 0.341 e. The van der Waals surface area contributed by atoms with Crippen LogP contribution < -0.4 is 10.2 Å². The Balaban J connectivity index is 1.81. The number of hydrogen-bond acceptors (Lipinski definition) is 6. The minimum absolute atomic E-state index is 0.0221. The Labute approximate surface area is 213 Å². The van der Waals surface area contributed by atoms with Crippen molar-refractivity contribution in [1.82, 2.24) is 9.88 Å². The number of nitrogens with one attached hydrogen (secondary N) is 1. The zero-order chi connectivity index (χ0) is 25.6. The first-order valence-corrected chi connectivity index (χ1v) is 12.1. The molecule has 1 aromatic carbocycles. The van der Waals surface area contributed by atoms with Crippen molar-refractivity contribution in [3.63, 3.8) is 0 Å². The molecule has 1 fully saturated rings. The Hall–Kier alpha value is -3.56. The number of benzene rings is 1. The number of nitrogens with zero attached hydrogens (tertiary/aromatic N) is 2. The fourth-order valence-electron chi connectivity index (χ4n) is 4.10. The maximum atomic E-state index is 13.4. The van der Waals surface area contributed by atoms with Gasteiger partial charge in [0.2, 0.25) is 0 Å². The molecular formula is C26H25N3O4S2. The number of thiocarbonyl (C=S) groups is 1. The Morgan fingerprint density at radius 1 is 1.09 bits per heavy atom. The number of aromatic nitrogens is 1. The van der Waals surface area contributed by atoms with Gasteiger partial charge in [-0.15, -0.1) is 11.3 Å². The third-order valence-corrected chi connectivity index (χ3v) is 7.60. The van der Waals surface area contributed by atoms with Crippen LogP contribution in [0.5, 0.6) is 0 Å². The summed E-state index contributed by atoms with van der Waals surface area (Å²) in [6, 6.07) is 9.22. The van der Waals surface area contributed by atoms with Crippen molar-refractivity contribution in [3.05, 3.63) is 74.4 Å². The van der Waals surface area contributed by atoms with E-state index in [1.54, 1.807) is 18.2 Å². The molecule has 0 atom stereocenters. The fourth-order valence-corrected chi connectivity index (χ4v) is 5.63. The lowest BCUT2D eigenvalue weighted by molar-refractivity contribution is -0.122. The number of carbonyl (C=O) groups excluding carboxylic acids is 3. The highest BCUT2D eigenvalue weighted by Crippen LogP contribution is 2.35. The third-order valence-electron chi connectivity index (χ3n) is 6.12. The molecule has 0 saturated carbocycles. The largest absolute Gasteiger partial charge is 0.465 e. The molecule has 0 spiro atoms. The third kappa shape index (κ3) is 4.21. The maximum absolute atomic E-state index is 13.4. The molecule has 1 N–H and O–H groups in total. The van der Waals surface area contributed by atoms with Crippen molar-refractivity contribution in [2.75, 3.05) is 12.0 Å². The van der Waals surface area contributed by atoms with Crippen molar-refractivity contribution in [1.29, 1.82) is 0 Å². The molecule has 2 amide bonds. The highest BCUT2D eigenvalue weighted by Gasteiger charge is 2.35. The van der Waals surface area contributed by atoms with Gasteiger partial charge < -0.3 is 9.30 Å². The summed E-state index contributed by atoms with van der Waals surface area (Å²) >= 11 is 6.79. The molecule has 3 aromatic rings. The Kier molecular flexibility index (Phi) is 6.48. The zero-order valence-corrected chi connectivity index (χ0v) is 21.9. The van der Waals surface area contributed by atoms with Gasteiger partial charge in [0.1, 0.15) is 10.6 Å². The van der Waals surface area contributed by atoms with Gasteiger partial charge in [-0.3, -0.25) is 19.8 Å². The van der Waals surface area contributed by atoms with Crippen LogP contribution in [0.1, 0.15) is 43.3 Å². The predicted octanol–water partition coefficient (Wildman–Crippen LogP) is 4.70. The van der Waals surface area contributed by atoms with Gasteiger partial charge in [-0.25, -0.2) is 4.79 Å². The van der Waals surface area contributed by atoms with Gasteiger partial charge in [0.05, 0.1) is 18.4 Å². The van der Waals surface area contributed by atoms with E-state index in [0.717, 1.165) is 32.4 Å². The number of hydrogen-bond donors (Lipinski definition) is 1. The van der Waals surface area contributed by atoms with E-state index in [2.05, 4.69) is 5.32 Å². The number of carbonyl (C=O) groups is 3. The highest BCUT2D eigenvalue weighted by molar-refractivity contribution is 7.80. The van der Waals surface area contributed by atoms with Gasteiger partial charge in [-0.05, 0) is 82.2 Å². The first-order valence-electron chi connectivity index (χ1n) is 10.9. The molecule has 4 rings (SSSR count). The van der Waals surface area contributed by atoms with E-state index >= 15 is 0 Å². The molecule has 0 bridgehead atoms. The second-order valence-corrected chi connectivity index (χ2v) is 10.0. The molecule has 2 aromatic heterocycles. The van der Waals surface area contributed by atoms with E-state index in [1.165, 1.54) is 23.3 Å². The molecule has 9 heteroatoms. The summed E-state index contributed by atoms with van der Waals surface area (Å²) < 4.78 is 6.98. The number of ether oxygens (including phenoxy) is 1. The Morgan fingerprint density at radius 2 is 1.74 bits per heavy atom. The van der Waals surface area contributed by atoms with Crippen molar-refractivity contribution in [3.8, 4) is 5.00 Å². The second kappa shape index (κ2) is 9.24. The van der Waals surface area contributed by atoms with Gasteiger partial charge in [0, 0.05) is 16.3 Å². The molecule has 0 unspecified atom stereocenters. The molecule has 3 heterocycles. The van der Waals surface area contributed by atoms with Crippen LogP contribution in [0, 0.1) is 34.6 Å². The van der Waals surface area contributed by atoms with Crippen molar-refractivity contribution >= 4 is 58.2 Å². The Morgan fingerprint density at radius 3 is 2.37 bits per heavy atom. The van der Waals surface area contributed by atoms with Gasteiger partial charge in [-0.2, -0.15) is 0 Å². The molecule has 35 heavy (non-hydrogen) atoms. The first-order chi connectivity index (χ1) is 16.5. The average molecular weight is 508 g/mol. The van der Waals surface area contributed by atoms with E-state index in [9.17, 15) is 14.4 Å². The normalized spacial score (nSPS) is 15.1. The van der Waals surface area contributed by atoms with Gasteiger partial charge in [0.15, 0.2) is 5.11 Å². The standard InChI is InChI=1S/C26H25N3O4S2/c1-13-7-9-19(10-8-13)29-23(31)20(22(30)27-26(29)34)12-18-11-14(2)28(16(18)4)24-21(25(32)33-6)15(3)17(5)35-24/h7-12H,1-6H3,(H,27,30,34)/b20-12+. The Bertz CT molecular complexity index is 1430. The molecule has 0 aliphatic carbocycles. The number of thiophene rings is 1. The number of methoxy groups -OCH3 is 1. The summed E-state index contributed by atoms with van der Waals surface area (Å²) in [6.07, 6.45) is 1.57. The van der Waals surface area contributed by atoms with Crippen LogP contribution in [0.4, 0.5) is 5.69 Å². The van der Waals surface area contributed by atoms with Crippen LogP contribution in [0.25, 0.3) is 11.1 Å². The van der Waals surface area contributed by atoms with Gasteiger partial charge in [0.25, 0.3) is 11.8 Å². The number of anilines is 1. The summed E-state index contributed by atoms with van der Waals surface area (Å²) in [5.74, 6) is -1.45. The van der Waals surface area contributed by atoms with Crippen molar-refractivity contribution in [2.24, 2.45) is 0 Å². The number of amides is 2. The fraction of sp³-hybridized carbons (Fsp3) is 0.231. The summed E-state index contributed by atoms with van der Waals surface area (Å²) in [4.78, 5) is 41.0. The van der Waals surface area contributed by atoms with E-state index in [-0.39, 0.29) is 10.7 Å². The smallest absolute Gasteiger partial charge is 0.341 e. The highest BCUT2D eigenvalue weighted by atomic mass is 32.1. The molecule has 1 aliphatic heterocycles. The second-order valence-electron chi connectivity index (χ2n) is 8.41. The van der Waals surface area contributed by atoms with Gasteiger partial charge >= 0.3 is 5.97 Å². The quantitative estimate of drug-likeness (QED) is 0.240. The van der Waals surface area contributed by atoms with Crippen LogP contribution >= 0.6 is 23.6 Å². The first kappa shape index (κ1) is 24.6. The number of esters is 1. The van der Waals surface area contributed by atoms with Crippen LogP contribution in [-0.4, -0.2) is 34.6 Å². The lowest BCUT2D eigenvalue weighted by Gasteiger charge is -2.29. The lowest BCUT2D eigenvalue weighted by Crippen LogP contribution is -2.54. The van der Waals surface area contributed by atoms with Gasteiger partial charge in [-0.1, -0.05) is 17.7 Å². The van der Waals surface area contributed by atoms with E-state index in [0.29, 0.717) is 16.8 Å². The molecule has 1 saturated heterocycles. The van der Waals surface area contributed by atoms with Crippen LogP contribution in [-0.2, 0) is 14.3 Å². The van der Waals surface area contributed by atoms with Crippen LogP contribution in [0.3, 0.4) is 0 Å². The van der Waals surface area contributed by atoms with Crippen molar-refractivity contribution in [2.45, 2.75) is 34.6 Å². The molecular weight excluding hydrogens is 482 g/mol. The predicted molar refractivity (Wildman–Crippen MR) is 141 cm³/mol. The molecule has 7 nitrogen and oxygen atoms in total. The molecule has 180 valence electrons. The molecule has 0 radical (unpaired) electrons. The minimum Gasteiger partial charge on any atom is -0.465 e. The SMILES string of the molecule is COC(=O)c1c(-n2c(C)cc(/C=C3\C(=O)NC(=S)N(c4ccc(C)cc4)C3=O)c2C)sc(C)c1C. The number of aryl methyl sites for hydroxylation is 3. The number of rotatable bonds is 4. The topological polar surface area (TPSA) is 80.6 Å². The lowest BCUT2D eigenvalue weighted by atomic mass is 10.1. The van der Waals surface area contributed by atoms with E-state index in [4.69, 9.17) is 17.0 Å². The minimum atomic E-state index is -0.550. The average Bonchev–Trinajstić information content (AvgIpc) is 3.25. The monoisotopic (exact) mass is 507 g/mol. The van der Waals surface area contributed by atoms with E-state index < -0.39 is 17.8 Å². The van der Waals surface area contributed by atoms with E-state index in [1.807, 2.05) is 57.4 Å². The molecule has 1 aliphatic rings. The summed E-state index contributed by atoms with van der Waals surface area (Å²) in [5, 5.41) is 3.41. The van der Waals surface area contributed by atoms with Crippen LogP contribution in [0.2, 0.25) is 0 Å². The summed E-state index contributed by atoms with van der Waals surface area (Å²) in [6.45, 7) is 9.60. The van der Waals surface area contributed by atoms with Crippen LogP contribution in [0.15, 0.2) is 35.9 Å². The zero-order valence-electron chi connectivity index (χ0n) is 20.3. The van der Waals surface area contributed by atoms with Crippen molar-refractivity contribution < 1.29 is 19.1 Å².